The molecule has 0 spiro atoms. The maximum atomic E-state index is 13.1. The number of rotatable bonds is 2. The third-order valence-corrected chi connectivity index (χ3v) is 6.64. The third-order valence-electron chi connectivity index (χ3n) is 4.60. The lowest BCUT2D eigenvalue weighted by molar-refractivity contribution is 0.101. The lowest BCUT2D eigenvalue weighted by Gasteiger charge is -2.28. The molecule has 136 valence electrons. The zero-order valence-corrected chi connectivity index (χ0v) is 15.8. The molecule has 0 saturated heterocycles. The van der Waals surface area contributed by atoms with Crippen LogP contribution in [0.4, 0.5) is 0 Å². The molecule has 0 unspecified atom stereocenters. The molecule has 3 aromatic rings. The van der Waals surface area contributed by atoms with Gasteiger partial charge >= 0.3 is 0 Å². The predicted octanol–water partition coefficient (Wildman–Crippen LogP) is 4.24. The summed E-state index contributed by atoms with van der Waals surface area (Å²) in [7, 11) is -2.77. The summed E-state index contributed by atoms with van der Waals surface area (Å²) in [5.74, 6) is -0.970. The summed E-state index contributed by atoms with van der Waals surface area (Å²) in [6.45, 7) is 0. The largest absolute Gasteiger partial charge is 0.505 e. The van der Waals surface area contributed by atoms with Crippen LogP contribution in [0.3, 0.4) is 0 Å². The topological polar surface area (TPSA) is 74.7 Å². The maximum Gasteiger partial charge on any atom is 0.265 e. The molecule has 0 radical (unpaired) electrons. The normalized spacial score (nSPS) is 15.7. The molecule has 7 heteroatoms. The lowest BCUT2D eigenvalue weighted by Crippen LogP contribution is -2.35. The molecule has 1 aliphatic heterocycles. The molecule has 5 nitrogen and oxygen atoms in total. The standard InChI is InChI=1S/C20H14ClNO4S/c1-22-18(19(23)14-7-6-12-4-2-3-5-13(12)10-14)20(24)16-9-8-15(21)11-17(16)27(22,25)26/h2-11,24H,1H3. The van der Waals surface area contributed by atoms with Crippen LogP contribution in [0.1, 0.15) is 15.9 Å². The van der Waals surface area contributed by atoms with Gasteiger partial charge in [0.1, 0.15) is 10.6 Å². The number of allylic oxidation sites excluding steroid dienone is 1. The number of sulfonamides is 1. The summed E-state index contributed by atoms with van der Waals surface area (Å²) >= 11 is 5.90. The van der Waals surface area contributed by atoms with Crippen LogP contribution in [0.5, 0.6) is 0 Å². The first-order valence-electron chi connectivity index (χ1n) is 8.06. The number of ketones is 1. The minimum atomic E-state index is -4.01. The number of carbonyl (C=O) groups is 1. The third kappa shape index (κ3) is 2.69. The summed E-state index contributed by atoms with van der Waals surface area (Å²) in [4.78, 5) is 12.9. The summed E-state index contributed by atoms with van der Waals surface area (Å²) in [5, 5.41) is 12.7. The van der Waals surface area contributed by atoms with Crippen molar-refractivity contribution in [2.45, 2.75) is 4.90 Å². The van der Waals surface area contributed by atoms with E-state index in [2.05, 4.69) is 0 Å². The Labute approximate surface area is 161 Å². The van der Waals surface area contributed by atoms with Gasteiger partial charge in [0.15, 0.2) is 5.76 Å². The quantitative estimate of drug-likeness (QED) is 0.654. The van der Waals surface area contributed by atoms with E-state index in [1.54, 1.807) is 18.2 Å². The van der Waals surface area contributed by atoms with Gasteiger partial charge in [-0.05, 0) is 35.0 Å². The van der Waals surface area contributed by atoms with Gasteiger partial charge < -0.3 is 5.11 Å². The molecule has 3 aromatic carbocycles. The van der Waals surface area contributed by atoms with Crippen molar-refractivity contribution in [3.63, 3.8) is 0 Å². The molecule has 1 heterocycles. The Bertz CT molecular complexity index is 1250. The number of hydrogen-bond acceptors (Lipinski definition) is 4. The summed E-state index contributed by atoms with van der Waals surface area (Å²) in [6, 6.07) is 16.7. The Kier molecular flexibility index (Phi) is 3.98. The van der Waals surface area contributed by atoms with E-state index in [-0.39, 0.29) is 26.7 Å². The second-order valence-electron chi connectivity index (χ2n) is 6.20. The number of halogens is 1. The number of likely N-dealkylation sites (N-methyl/N-ethyl adjacent to an activating group) is 1. The molecule has 0 aromatic heterocycles. The number of aliphatic hydroxyl groups excluding tert-OH is 1. The zero-order chi connectivity index (χ0) is 19.3. The van der Waals surface area contributed by atoms with Gasteiger partial charge in [0.05, 0.1) is 0 Å². The van der Waals surface area contributed by atoms with E-state index in [0.717, 1.165) is 15.1 Å². The highest BCUT2D eigenvalue weighted by Gasteiger charge is 2.38. The Balaban J connectivity index is 1.92. The highest BCUT2D eigenvalue weighted by atomic mass is 35.5. The van der Waals surface area contributed by atoms with Crippen LogP contribution < -0.4 is 0 Å². The van der Waals surface area contributed by atoms with Crippen molar-refractivity contribution >= 4 is 43.9 Å². The molecule has 0 fully saturated rings. The lowest BCUT2D eigenvalue weighted by atomic mass is 10.0. The van der Waals surface area contributed by atoms with E-state index in [9.17, 15) is 18.3 Å². The van der Waals surface area contributed by atoms with Gasteiger partial charge in [0.25, 0.3) is 10.0 Å². The molecule has 1 aliphatic rings. The smallest absolute Gasteiger partial charge is 0.265 e. The van der Waals surface area contributed by atoms with Gasteiger partial charge in [-0.15, -0.1) is 0 Å². The van der Waals surface area contributed by atoms with Crippen LogP contribution in [0.2, 0.25) is 5.02 Å². The molecule has 4 rings (SSSR count). The fraction of sp³-hybridized carbons (Fsp3) is 0.0500. The van der Waals surface area contributed by atoms with E-state index in [1.807, 2.05) is 24.3 Å². The SMILES string of the molecule is CN1C(C(=O)c2ccc3ccccc3c2)=C(O)c2ccc(Cl)cc2S1(=O)=O. The van der Waals surface area contributed by atoms with Gasteiger partial charge in [-0.3, -0.25) is 9.10 Å². The number of hydrogen-bond donors (Lipinski definition) is 1. The summed E-state index contributed by atoms with van der Waals surface area (Å²) < 4.78 is 26.5. The second kappa shape index (κ2) is 6.11. The van der Waals surface area contributed by atoms with Crippen LogP contribution in [0, 0.1) is 0 Å². The van der Waals surface area contributed by atoms with Crippen molar-refractivity contribution in [1.82, 2.24) is 4.31 Å². The Morgan fingerprint density at radius 2 is 1.70 bits per heavy atom. The maximum absolute atomic E-state index is 13.1. The number of Topliss-reactive ketones (excluding diaryl/α,β-unsaturated/α-hetero) is 1. The number of aliphatic hydroxyl groups is 1. The molecule has 0 bridgehead atoms. The van der Waals surface area contributed by atoms with Crippen LogP contribution in [0.15, 0.2) is 71.3 Å². The van der Waals surface area contributed by atoms with Crippen LogP contribution in [-0.4, -0.2) is 30.7 Å². The first-order valence-corrected chi connectivity index (χ1v) is 9.88. The van der Waals surface area contributed by atoms with Crippen molar-refractivity contribution in [2.75, 3.05) is 7.05 Å². The number of fused-ring (bicyclic) bond motifs is 2. The Morgan fingerprint density at radius 1 is 1.00 bits per heavy atom. The molecular formula is C20H14ClNO4S. The minimum absolute atomic E-state index is 0.0571. The first-order chi connectivity index (χ1) is 12.8. The van der Waals surface area contributed by atoms with Crippen LogP contribution in [-0.2, 0) is 10.0 Å². The van der Waals surface area contributed by atoms with Crippen molar-refractivity contribution in [3.05, 3.63) is 82.5 Å². The van der Waals surface area contributed by atoms with E-state index in [0.29, 0.717) is 0 Å². The Hall–Kier alpha value is -2.83. The number of benzene rings is 3. The van der Waals surface area contributed by atoms with Gasteiger partial charge in [-0.25, -0.2) is 8.42 Å². The Morgan fingerprint density at radius 3 is 2.44 bits per heavy atom. The van der Waals surface area contributed by atoms with Gasteiger partial charge in [0.2, 0.25) is 5.78 Å². The molecule has 27 heavy (non-hydrogen) atoms. The van der Waals surface area contributed by atoms with Crippen molar-refractivity contribution in [1.29, 1.82) is 0 Å². The molecular weight excluding hydrogens is 386 g/mol. The fourth-order valence-electron chi connectivity index (χ4n) is 3.17. The number of nitrogens with zero attached hydrogens (tertiary/aromatic N) is 1. The van der Waals surface area contributed by atoms with Gasteiger partial charge in [-0.1, -0.05) is 48.0 Å². The molecule has 1 N–H and O–H groups in total. The zero-order valence-electron chi connectivity index (χ0n) is 14.2. The molecule has 0 saturated carbocycles. The van der Waals surface area contributed by atoms with Gasteiger partial charge in [0, 0.05) is 23.2 Å². The molecule has 0 amide bonds. The van der Waals surface area contributed by atoms with Crippen LogP contribution in [0.25, 0.3) is 16.5 Å². The highest BCUT2D eigenvalue weighted by molar-refractivity contribution is 7.89. The van der Waals surface area contributed by atoms with Crippen molar-refractivity contribution < 1.29 is 18.3 Å². The van der Waals surface area contributed by atoms with E-state index in [1.165, 1.54) is 25.2 Å². The van der Waals surface area contributed by atoms with Crippen molar-refractivity contribution in [2.24, 2.45) is 0 Å². The average Bonchev–Trinajstić information content (AvgIpc) is 2.66. The van der Waals surface area contributed by atoms with E-state index in [4.69, 9.17) is 11.6 Å². The average molecular weight is 400 g/mol. The van der Waals surface area contributed by atoms with E-state index >= 15 is 0 Å². The van der Waals surface area contributed by atoms with E-state index < -0.39 is 21.6 Å². The van der Waals surface area contributed by atoms with Crippen LogP contribution >= 0.6 is 11.6 Å². The number of carbonyl (C=O) groups excluding carboxylic acids is 1. The molecule has 0 atom stereocenters. The second-order valence-corrected chi connectivity index (χ2v) is 8.58. The summed E-state index contributed by atoms with van der Waals surface area (Å²) in [6.07, 6.45) is 0. The monoisotopic (exact) mass is 399 g/mol. The fourth-order valence-corrected chi connectivity index (χ4v) is 4.83. The molecule has 0 aliphatic carbocycles. The summed E-state index contributed by atoms with van der Waals surface area (Å²) in [5.41, 5.74) is 0.0523. The minimum Gasteiger partial charge on any atom is -0.505 e. The predicted molar refractivity (Wildman–Crippen MR) is 104 cm³/mol. The first kappa shape index (κ1) is 17.6. The highest BCUT2D eigenvalue weighted by Crippen LogP contribution is 2.37. The van der Waals surface area contributed by atoms with Crippen molar-refractivity contribution in [3.8, 4) is 0 Å². The van der Waals surface area contributed by atoms with Gasteiger partial charge in [-0.2, -0.15) is 0 Å².